The zero-order valence-corrected chi connectivity index (χ0v) is 19.9. The summed E-state index contributed by atoms with van der Waals surface area (Å²) in [6, 6.07) is 20.2. The van der Waals surface area contributed by atoms with Crippen molar-refractivity contribution in [2.75, 3.05) is 5.32 Å². The summed E-state index contributed by atoms with van der Waals surface area (Å²) in [5.74, 6) is 1.04. The van der Waals surface area contributed by atoms with Crippen molar-refractivity contribution in [1.82, 2.24) is 20.1 Å². The minimum Gasteiger partial charge on any atom is -0.453 e. The lowest BCUT2D eigenvalue weighted by Gasteiger charge is -2.14. The molecule has 0 radical (unpaired) electrons. The Kier molecular flexibility index (Phi) is 7.21. The third-order valence-corrected chi connectivity index (χ3v) is 5.43. The Hall–Kier alpha value is -4.46. The summed E-state index contributed by atoms with van der Waals surface area (Å²) in [5, 5.41) is 10.1. The fourth-order valence-corrected chi connectivity index (χ4v) is 3.42. The van der Waals surface area contributed by atoms with Crippen molar-refractivity contribution >= 4 is 17.3 Å². The number of nitrogens with one attached hydrogen (secondary N) is 2. The number of amides is 1. The normalized spacial score (nSPS) is 10.7. The Bertz CT molecular complexity index is 1370. The number of carbonyl (C=O) groups is 1. The smallest absolute Gasteiger partial charge is 0.294 e. The number of pyridine rings is 1. The minimum absolute atomic E-state index is 0.224. The van der Waals surface area contributed by atoms with Gasteiger partial charge in [0.25, 0.3) is 11.5 Å². The molecule has 2 aromatic heterocycles. The quantitative estimate of drug-likeness (QED) is 0.386. The highest BCUT2D eigenvalue weighted by Crippen LogP contribution is 2.29. The summed E-state index contributed by atoms with van der Waals surface area (Å²) in [4.78, 5) is 29.7. The summed E-state index contributed by atoms with van der Waals surface area (Å²) in [5.41, 5.74) is 2.84. The predicted octanol–water partition coefficient (Wildman–Crippen LogP) is 4.76. The minimum atomic E-state index is -0.355. The van der Waals surface area contributed by atoms with Crippen LogP contribution in [0.25, 0.3) is 0 Å². The second-order valence-corrected chi connectivity index (χ2v) is 8.35. The second-order valence-electron chi connectivity index (χ2n) is 8.35. The zero-order valence-electron chi connectivity index (χ0n) is 19.9. The summed E-state index contributed by atoms with van der Waals surface area (Å²) >= 11 is 0. The molecule has 4 aromatic rings. The van der Waals surface area contributed by atoms with Crippen LogP contribution in [-0.4, -0.2) is 20.7 Å². The fourth-order valence-electron chi connectivity index (χ4n) is 3.42. The lowest BCUT2D eigenvalue weighted by molar-refractivity contribution is 0.0950. The average Bonchev–Trinajstić information content (AvgIpc) is 2.88. The Morgan fingerprint density at radius 1 is 1.06 bits per heavy atom. The van der Waals surface area contributed by atoms with Gasteiger partial charge in [-0.15, -0.1) is 0 Å². The zero-order chi connectivity index (χ0) is 24.8. The predicted molar refractivity (Wildman–Crippen MR) is 135 cm³/mol. The summed E-state index contributed by atoms with van der Waals surface area (Å²) in [7, 11) is 1.57. The molecule has 0 aliphatic carbocycles. The highest BCUT2D eigenvalue weighted by Gasteiger charge is 2.14. The summed E-state index contributed by atoms with van der Waals surface area (Å²) < 4.78 is 7.22. The molecule has 0 aliphatic rings. The third kappa shape index (κ3) is 5.92. The molecule has 0 fully saturated rings. The first-order valence-electron chi connectivity index (χ1n) is 11.3. The number of carbonyl (C=O) groups excluding carboxylic acids is 1. The number of aromatic nitrogens is 3. The van der Waals surface area contributed by atoms with Crippen LogP contribution in [0.2, 0.25) is 0 Å². The molecule has 8 heteroatoms. The Balaban J connectivity index is 1.54. The van der Waals surface area contributed by atoms with E-state index in [1.165, 1.54) is 16.4 Å². The monoisotopic (exact) mass is 469 g/mol. The standard InChI is InChI=1S/C27H27N5O3/c1-18(2)19-10-12-23(13-11-19)35-24-17-30-32(3)27(34)25(24)31-21-9-6-7-20(15-21)26(33)29-16-22-8-4-5-14-28-22/h4-15,17-18,31H,16H2,1-3H3,(H,29,33). The Morgan fingerprint density at radius 3 is 2.57 bits per heavy atom. The summed E-state index contributed by atoms with van der Waals surface area (Å²) in [6.07, 6.45) is 3.17. The molecule has 4 rings (SSSR count). The fraction of sp³-hybridized carbons (Fsp3) is 0.185. The van der Waals surface area contributed by atoms with Gasteiger partial charge in [-0.2, -0.15) is 5.10 Å². The van der Waals surface area contributed by atoms with E-state index in [4.69, 9.17) is 4.74 Å². The molecule has 35 heavy (non-hydrogen) atoms. The maximum atomic E-state index is 12.9. The largest absolute Gasteiger partial charge is 0.453 e. The van der Waals surface area contributed by atoms with Gasteiger partial charge in [-0.3, -0.25) is 14.6 Å². The van der Waals surface area contributed by atoms with Gasteiger partial charge in [0.2, 0.25) is 0 Å². The van der Waals surface area contributed by atoms with Gasteiger partial charge in [-0.25, -0.2) is 4.68 Å². The van der Waals surface area contributed by atoms with E-state index in [-0.39, 0.29) is 22.9 Å². The molecule has 8 nitrogen and oxygen atoms in total. The van der Waals surface area contributed by atoms with Crippen molar-refractivity contribution in [2.45, 2.75) is 26.3 Å². The maximum Gasteiger partial charge on any atom is 0.294 e. The first-order valence-corrected chi connectivity index (χ1v) is 11.3. The van der Waals surface area contributed by atoms with Crippen LogP contribution in [-0.2, 0) is 13.6 Å². The van der Waals surface area contributed by atoms with Crippen LogP contribution in [0, 0.1) is 0 Å². The molecule has 0 bridgehead atoms. The van der Waals surface area contributed by atoms with Crippen molar-refractivity contribution < 1.29 is 9.53 Å². The SMILES string of the molecule is CC(C)c1ccc(Oc2cnn(C)c(=O)c2Nc2cccc(C(=O)NCc3ccccn3)c2)cc1. The Labute approximate surface area is 203 Å². The lowest BCUT2D eigenvalue weighted by atomic mass is 10.0. The number of anilines is 2. The number of benzene rings is 2. The van der Waals surface area contributed by atoms with Crippen LogP contribution in [0.1, 0.15) is 41.4 Å². The number of hydrogen-bond donors (Lipinski definition) is 2. The van der Waals surface area contributed by atoms with Crippen molar-refractivity contribution in [1.29, 1.82) is 0 Å². The lowest BCUT2D eigenvalue weighted by Crippen LogP contribution is -2.24. The first kappa shape index (κ1) is 23.7. The first-order chi connectivity index (χ1) is 16.9. The van der Waals surface area contributed by atoms with E-state index in [2.05, 4.69) is 34.6 Å². The molecule has 2 N–H and O–H groups in total. The molecule has 1 amide bonds. The molecule has 0 aliphatic heterocycles. The van der Waals surface area contributed by atoms with E-state index >= 15 is 0 Å². The van der Waals surface area contributed by atoms with Gasteiger partial charge in [0.15, 0.2) is 11.4 Å². The van der Waals surface area contributed by atoms with E-state index in [1.54, 1.807) is 37.5 Å². The van der Waals surface area contributed by atoms with Crippen molar-refractivity contribution in [3.8, 4) is 11.5 Å². The number of rotatable bonds is 8. The molecular weight excluding hydrogens is 442 g/mol. The van der Waals surface area contributed by atoms with Gasteiger partial charge >= 0.3 is 0 Å². The van der Waals surface area contributed by atoms with Crippen LogP contribution >= 0.6 is 0 Å². The number of ether oxygens (including phenoxy) is 1. The van der Waals surface area contributed by atoms with Crippen LogP contribution in [0.3, 0.4) is 0 Å². The number of hydrogen-bond acceptors (Lipinski definition) is 6. The van der Waals surface area contributed by atoms with E-state index in [1.807, 2.05) is 42.5 Å². The van der Waals surface area contributed by atoms with Crippen molar-refractivity contribution in [2.24, 2.45) is 7.05 Å². The molecule has 0 saturated carbocycles. The van der Waals surface area contributed by atoms with Gasteiger partial charge in [-0.1, -0.05) is 38.1 Å². The number of aryl methyl sites for hydroxylation is 1. The molecule has 2 aromatic carbocycles. The topological polar surface area (TPSA) is 98.1 Å². The third-order valence-electron chi connectivity index (χ3n) is 5.43. The van der Waals surface area contributed by atoms with Gasteiger partial charge in [0.05, 0.1) is 18.4 Å². The molecule has 0 saturated heterocycles. The molecule has 0 unspecified atom stereocenters. The maximum absolute atomic E-state index is 12.9. The van der Waals surface area contributed by atoms with Crippen molar-refractivity contribution in [3.63, 3.8) is 0 Å². The molecular formula is C27H27N5O3. The van der Waals surface area contributed by atoms with Gasteiger partial charge in [-0.05, 0) is 53.9 Å². The summed E-state index contributed by atoms with van der Waals surface area (Å²) in [6.45, 7) is 4.56. The van der Waals surface area contributed by atoms with Gasteiger partial charge < -0.3 is 15.4 Å². The molecule has 2 heterocycles. The second kappa shape index (κ2) is 10.6. The Morgan fingerprint density at radius 2 is 1.86 bits per heavy atom. The van der Waals surface area contributed by atoms with E-state index in [0.717, 1.165) is 5.69 Å². The molecule has 0 spiro atoms. The van der Waals surface area contributed by atoms with Crippen molar-refractivity contribution in [3.05, 3.63) is 106 Å². The number of nitrogens with zero attached hydrogens (tertiary/aromatic N) is 3. The average molecular weight is 470 g/mol. The van der Waals surface area contributed by atoms with Crippen LogP contribution < -0.4 is 20.9 Å². The highest BCUT2D eigenvalue weighted by atomic mass is 16.5. The van der Waals surface area contributed by atoms with E-state index in [9.17, 15) is 9.59 Å². The van der Waals surface area contributed by atoms with Crippen LogP contribution in [0.15, 0.2) is 83.9 Å². The van der Waals surface area contributed by atoms with Gasteiger partial charge in [0, 0.05) is 24.5 Å². The van der Waals surface area contributed by atoms with E-state index in [0.29, 0.717) is 29.5 Å². The van der Waals surface area contributed by atoms with Crippen LogP contribution in [0.4, 0.5) is 11.4 Å². The van der Waals surface area contributed by atoms with Gasteiger partial charge in [0.1, 0.15) is 5.75 Å². The van der Waals surface area contributed by atoms with Crippen LogP contribution in [0.5, 0.6) is 11.5 Å². The molecule has 0 atom stereocenters. The van der Waals surface area contributed by atoms with E-state index < -0.39 is 0 Å². The highest BCUT2D eigenvalue weighted by molar-refractivity contribution is 5.95. The molecule has 178 valence electrons.